The minimum Gasteiger partial charge on any atom is -0.496 e. The minimum atomic E-state index is 0.513. The first kappa shape index (κ1) is 6.81. The highest BCUT2D eigenvalue weighted by Gasteiger charge is 1.92. The quantitative estimate of drug-likeness (QED) is 0.571. The number of hydrogen-bond donors (Lipinski definition) is 0. The van der Waals surface area contributed by atoms with Gasteiger partial charge in [-0.05, 0) is 6.07 Å². The van der Waals surface area contributed by atoms with E-state index in [1.807, 2.05) is 0 Å². The van der Waals surface area contributed by atoms with Crippen molar-refractivity contribution in [3.63, 3.8) is 0 Å². The molecule has 51 valence electrons. The van der Waals surface area contributed by atoms with Crippen LogP contribution in [0.25, 0.3) is 0 Å². The van der Waals surface area contributed by atoms with Gasteiger partial charge in [-0.2, -0.15) is 0 Å². The van der Waals surface area contributed by atoms with E-state index >= 15 is 0 Å². The van der Waals surface area contributed by atoms with Crippen LogP contribution >= 0.6 is 0 Å². The molecule has 0 heterocycles. The molecule has 2 nitrogen and oxygen atoms in total. The maximum atomic E-state index is 10.2. The van der Waals surface area contributed by atoms with Crippen LogP contribution in [0.3, 0.4) is 0 Å². The zero-order valence-corrected chi connectivity index (χ0v) is 5.63. The third-order valence-corrected chi connectivity index (χ3v) is 1.14. The Kier molecular flexibility index (Phi) is 2.05. The molecule has 10 heavy (non-hydrogen) atoms. The monoisotopic (exact) mass is 135 g/mol. The van der Waals surface area contributed by atoms with Gasteiger partial charge in [0.25, 0.3) is 0 Å². The molecule has 0 saturated heterocycles. The fraction of sp³-hybridized carbons (Fsp3) is 0.125. The molecule has 0 aliphatic rings. The SMILES string of the molecule is COc1[c]c(C=O)ccc1. The molecule has 1 aromatic rings. The van der Waals surface area contributed by atoms with E-state index in [0.717, 1.165) is 6.29 Å². The number of benzene rings is 1. The number of ether oxygens (including phenoxy) is 1. The minimum absolute atomic E-state index is 0.513. The second-order valence-corrected chi connectivity index (χ2v) is 1.79. The van der Waals surface area contributed by atoms with Crippen LogP contribution < -0.4 is 4.74 Å². The Balaban J connectivity index is 2.98. The maximum absolute atomic E-state index is 10.2. The van der Waals surface area contributed by atoms with Gasteiger partial charge >= 0.3 is 0 Å². The summed E-state index contributed by atoms with van der Waals surface area (Å²) < 4.78 is 4.84. The number of hydrogen-bond acceptors (Lipinski definition) is 2. The standard InChI is InChI=1S/C8H7O2/c1-10-8-4-2-3-7(5-8)6-9/h2-4,6H,1H3. The first-order valence-electron chi connectivity index (χ1n) is 2.88. The lowest BCUT2D eigenvalue weighted by Gasteiger charge is -1.96. The summed E-state index contributed by atoms with van der Waals surface area (Å²) >= 11 is 0. The van der Waals surface area contributed by atoms with Gasteiger partial charge < -0.3 is 4.74 Å². The molecule has 0 fully saturated rings. The molecule has 0 spiro atoms. The molecule has 0 saturated carbocycles. The predicted octanol–water partition coefficient (Wildman–Crippen LogP) is 1.31. The molecule has 0 N–H and O–H groups in total. The van der Waals surface area contributed by atoms with E-state index < -0.39 is 0 Å². The van der Waals surface area contributed by atoms with E-state index in [1.165, 1.54) is 0 Å². The summed E-state index contributed by atoms with van der Waals surface area (Å²) in [6, 6.07) is 7.92. The highest BCUT2D eigenvalue weighted by atomic mass is 16.5. The van der Waals surface area contributed by atoms with Gasteiger partial charge in [0.15, 0.2) is 6.29 Å². The van der Waals surface area contributed by atoms with Crippen LogP contribution in [0.2, 0.25) is 0 Å². The van der Waals surface area contributed by atoms with Crippen molar-refractivity contribution in [2.75, 3.05) is 7.11 Å². The first-order valence-corrected chi connectivity index (χ1v) is 2.88. The molecule has 0 aromatic heterocycles. The Morgan fingerprint density at radius 2 is 2.40 bits per heavy atom. The summed E-state index contributed by atoms with van der Waals surface area (Å²) in [4.78, 5) is 10.2. The van der Waals surface area contributed by atoms with E-state index in [4.69, 9.17) is 4.74 Å². The molecular weight excluding hydrogens is 128 g/mol. The molecule has 0 unspecified atom stereocenters. The van der Waals surface area contributed by atoms with Crippen molar-refractivity contribution >= 4 is 6.29 Å². The van der Waals surface area contributed by atoms with Crippen molar-refractivity contribution in [3.05, 3.63) is 29.8 Å². The van der Waals surface area contributed by atoms with Crippen LogP contribution in [0.1, 0.15) is 10.4 Å². The van der Waals surface area contributed by atoms with Gasteiger partial charge in [-0.15, -0.1) is 0 Å². The predicted molar refractivity (Wildman–Crippen MR) is 37.2 cm³/mol. The molecular formula is C8H7O2. The highest BCUT2D eigenvalue weighted by molar-refractivity contribution is 5.74. The highest BCUT2D eigenvalue weighted by Crippen LogP contribution is 2.08. The van der Waals surface area contributed by atoms with Crippen LogP contribution in [0.15, 0.2) is 18.2 Å². The smallest absolute Gasteiger partial charge is 0.150 e. The number of rotatable bonds is 2. The normalized spacial score (nSPS) is 8.90. The van der Waals surface area contributed by atoms with Gasteiger partial charge in [0.1, 0.15) is 5.75 Å². The van der Waals surface area contributed by atoms with Gasteiger partial charge in [-0.3, -0.25) is 4.79 Å². The maximum Gasteiger partial charge on any atom is 0.150 e. The van der Waals surface area contributed by atoms with Gasteiger partial charge in [0, 0.05) is 11.6 Å². The van der Waals surface area contributed by atoms with Gasteiger partial charge in [0.2, 0.25) is 0 Å². The zero-order chi connectivity index (χ0) is 7.40. The van der Waals surface area contributed by atoms with E-state index in [9.17, 15) is 4.79 Å². The van der Waals surface area contributed by atoms with E-state index in [-0.39, 0.29) is 0 Å². The Bertz CT molecular complexity index is 230. The van der Waals surface area contributed by atoms with Crippen molar-refractivity contribution in [1.29, 1.82) is 0 Å². The van der Waals surface area contributed by atoms with Crippen molar-refractivity contribution in [2.24, 2.45) is 0 Å². The number of aldehydes is 1. The second kappa shape index (κ2) is 3.01. The molecule has 0 aliphatic heterocycles. The molecule has 0 aliphatic carbocycles. The number of carbonyl (C=O) groups excluding carboxylic acids is 1. The zero-order valence-electron chi connectivity index (χ0n) is 5.63. The summed E-state index contributed by atoms with van der Waals surface area (Å²) in [6.45, 7) is 0. The van der Waals surface area contributed by atoms with Crippen molar-refractivity contribution in [2.45, 2.75) is 0 Å². The fourth-order valence-electron chi connectivity index (χ4n) is 0.653. The van der Waals surface area contributed by atoms with Crippen LogP contribution in [-0.4, -0.2) is 13.4 Å². The van der Waals surface area contributed by atoms with Crippen LogP contribution in [0.5, 0.6) is 5.75 Å². The molecule has 1 radical (unpaired) electrons. The lowest BCUT2D eigenvalue weighted by atomic mass is 10.2. The molecule has 0 bridgehead atoms. The summed E-state index contributed by atoms with van der Waals surface area (Å²) in [5.74, 6) is 0.588. The fourth-order valence-corrected chi connectivity index (χ4v) is 0.653. The summed E-state index contributed by atoms with van der Waals surface area (Å²) in [5, 5.41) is 0. The van der Waals surface area contributed by atoms with Crippen LogP contribution in [0.4, 0.5) is 0 Å². The Morgan fingerprint density at radius 1 is 1.60 bits per heavy atom. The molecule has 0 amide bonds. The number of methoxy groups -OCH3 is 1. The van der Waals surface area contributed by atoms with Crippen molar-refractivity contribution in [3.8, 4) is 5.75 Å². The van der Waals surface area contributed by atoms with E-state index in [0.29, 0.717) is 11.3 Å². The van der Waals surface area contributed by atoms with E-state index in [2.05, 4.69) is 6.07 Å². The van der Waals surface area contributed by atoms with Gasteiger partial charge in [-0.1, -0.05) is 12.1 Å². The third-order valence-electron chi connectivity index (χ3n) is 1.14. The lowest BCUT2D eigenvalue weighted by Crippen LogP contribution is -1.84. The Morgan fingerprint density at radius 3 is 3.00 bits per heavy atom. The van der Waals surface area contributed by atoms with Crippen LogP contribution in [0, 0.1) is 6.07 Å². The molecule has 2 heteroatoms. The number of carbonyl (C=O) groups is 1. The lowest BCUT2D eigenvalue weighted by molar-refractivity contribution is 0.112. The van der Waals surface area contributed by atoms with Crippen molar-refractivity contribution in [1.82, 2.24) is 0 Å². The summed E-state index contributed by atoms with van der Waals surface area (Å²) in [6.07, 6.45) is 0.739. The summed E-state index contributed by atoms with van der Waals surface area (Å²) in [7, 11) is 1.54. The average Bonchev–Trinajstić information content (AvgIpc) is 2.05. The molecule has 0 atom stereocenters. The largest absolute Gasteiger partial charge is 0.496 e. The molecule has 1 aromatic carbocycles. The van der Waals surface area contributed by atoms with Crippen LogP contribution in [-0.2, 0) is 0 Å². The van der Waals surface area contributed by atoms with E-state index in [1.54, 1.807) is 25.3 Å². The van der Waals surface area contributed by atoms with Gasteiger partial charge in [0.05, 0.1) is 7.11 Å². The Hall–Kier alpha value is -1.31. The first-order chi connectivity index (χ1) is 4.86. The van der Waals surface area contributed by atoms with Gasteiger partial charge in [-0.25, -0.2) is 0 Å². The Labute approximate surface area is 59.4 Å². The topological polar surface area (TPSA) is 26.3 Å². The van der Waals surface area contributed by atoms with Crippen molar-refractivity contribution < 1.29 is 9.53 Å². The second-order valence-electron chi connectivity index (χ2n) is 1.79. The third kappa shape index (κ3) is 1.35. The summed E-state index contributed by atoms with van der Waals surface area (Å²) in [5.41, 5.74) is 0.513. The molecule has 1 rings (SSSR count). The average molecular weight is 135 g/mol.